The van der Waals surface area contributed by atoms with Crippen molar-refractivity contribution in [2.45, 2.75) is 6.92 Å². The molecule has 0 atom stereocenters. The van der Waals surface area contributed by atoms with Gasteiger partial charge >= 0.3 is 0 Å². The van der Waals surface area contributed by atoms with Crippen molar-refractivity contribution in [2.24, 2.45) is 0 Å². The Kier molecular flexibility index (Phi) is 3.63. The monoisotopic (exact) mass is 368 g/mol. The highest BCUT2D eigenvalue weighted by molar-refractivity contribution is 9.10. The Morgan fingerprint density at radius 2 is 1.71 bits per heavy atom. The van der Waals surface area contributed by atoms with Gasteiger partial charge in [-0.15, -0.1) is 0 Å². The van der Waals surface area contributed by atoms with E-state index in [2.05, 4.69) is 25.9 Å². The molecule has 0 unspecified atom stereocenters. The predicted molar refractivity (Wildman–Crippen MR) is 82.3 cm³/mol. The molecule has 3 rings (SSSR count). The quantitative estimate of drug-likeness (QED) is 0.544. The number of aromatic nitrogens is 2. The van der Waals surface area contributed by atoms with Crippen molar-refractivity contribution in [1.82, 2.24) is 9.97 Å². The maximum atomic E-state index is 13.9. The minimum absolute atomic E-state index is 0.0655. The molecule has 0 amide bonds. The molecule has 0 aliphatic rings. The Morgan fingerprint density at radius 1 is 1.05 bits per heavy atom. The van der Waals surface area contributed by atoms with Gasteiger partial charge in [0.1, 0.15) is 16.8 Å². The van der Waals surface area contributed by atoms with E-state index in [9.17, 15) is 8.78 Å². The molecule has 3 aromatic rings. The maximum Gasteiger partial charge on any atom is 0.167 e. The molecule has 6 heteroatoms. The summed E-state index contributed by atoms with van der Waals surface area (Å²) in [5.74, 6) is -1.51. The second kappa shape index (κ2) is 5.31. The second-order valence-corrected chi connectivity index (χ2v) is 5.73. The van der Waals surface area contributed by atoms with E-state index in [-0.39, 0.29) is 16.5 Å². The van der Waals surface area contributed by atoms with Crippen LogP contribution >= 0.6 is 27.5 Å². The van der Waals surface area contributed by atoms with Crippen LogP contribution in [0.5, 0.6) is 0 Å². The first-order valence-electron chi connectivity index (χ1n) is 6.06. The van der Waals surface area contributed by atoms with Gasteiger partial charge in [0.25, 0.3) is 0 Å². The van der Waals surface area contributed by atoms with E-state index in [0.29, 0.717) is 10.9 Å². The molecular weight excluding hydrogens is 362 g/mol. The average Bonchev–Trinajstić information content (AvgIpc) is 2.42. The van der Waals surface area contributed by atoms with Crippen molar-refractivity contribution < 1.29 is 8.78 Å². The van der Waals surface area contributed by atoms with Crippen molar-refractivity contribution in [3.05, 3.63) is 57.2 Å². The molecule has 2 nitrogen and oxygen atoms in total. The van der Waals surface area contributed by atoms with Crippen molar-refractivity contribution >= 4 is 38.4 Å². The van der Waals surface area contributed by atoms with E-state index in [1.54, 1.807) is 0 Å². The summed E-state index contributed by atoms with van der Waals surface area (Å²) in [5.41, 5.74) is 1.12. The predicted octanol–water partition coefficient (Wildman–Crippen LogP) is 5.30. The molecular formula is C15H8BrClF2N2. The number of hydrogen-bond donors (Lipinski definition) is 0. The van der Waals surface area contributed by atoms with Crippen LogP contribution in [0.3, 0.4) is 0 Å². The summed E-state index contributed by atoms with van der Waals surface area (Å²) in [6, 6.07) is 7.29. The SMILES string of the molecule is Cc1ccc(Br)c2c(Cl)nc(-c3c(F)cccc3F)nc12. The van der Waals surface area contributed by atoms with Gasteiger partial charge in [-0.2, -0.15) is 0 Å². The summed E-state index contributed by atoms with van der Waals surface area (Å²) < 4.78 is 28.5. The number of halogens is 4. The third kappa shape index (κ3) is 2.40. The topological polar surface area (TPSA) is 25.8 Å². The van der Waals surface area contributed by atoms with E-state index in [1.807, 2.05) is 19.1 Å². The van der Waals surface area contributed by atoms with Gasteiger partial charge in [-0.3, -0.25) is 0 Å². The number of benzene rings is 2. The molecule has 106 valence electrons. The van der Waals surface area contributed by atoms with E-state index in [0.717, 1.165) is 22.2 Å². The van der Waals surface area contributed by atoms with E-state index in [4.69, 9.17) is 11.6 Å². The van der Waals surface area contributed by atoms with Crippen LogP contribution in [0.2, 0.25) is 5.15 Å². The Bertz CT molecular complexity index is 848. The summed E-state index contributed by atoms with van der Waals surface area (Å²) in [5, 5.41) is 0.769. The summed E-state index contributed by atoms with van der Waals surface area (Å²) in [4.78, 5) is 8.32. The zero-order valence-electron chi connectivity index (χ0n) is 10.8. The Morgan fingerprint density at radius 3 is 2.38 bits per heavy atom. The lowest BCUT2D eigenvalue weighted by atomic mass is 10.1. The van der Waals surface area contributed by atoms with Gasteiger partial charge < -0.3 is 0 Å². The highest BCUT2D eigenvalue weighted by Crippen LogP contribution is 2.33. The van der Waals surface area contributed by atoms with E-state index in [1.165, 1.54) is 6.07 Å². The van der Waals surface area contributed by atoms with Gasteiger partial charge in [-0.05, 0) is 46.6 Å². The fourth-order valence-corrected chi connectivity index (χ4v) is 3.01. The fourth-order valence-electron chi connectivity index (χ4n) is 2.11. The van der Waals surface area contributed by atoms with Crippen LogP contribution < -0.4 is 0 Å². The minimum Gasteiger partial charge on any atom is -0.227 e. The van der Waals surface area contributed by atoms with Crippen molar-refractivity contribution in [2.75, 3.05) is 0 Å². The van der Waals surface area contributed by atoms with Gasteiger partial charge in [0, 0.05) is 4.47 Å². The highest BCUT2D eigenvalue weighted by atomic mass is 79.9. The highest BCUT2D eigenvalue weighted by Gasteiger charge is 2.17. The second-order valence-electron chi connectivity index (χ2n) is 4.52. The average molecular weight is 370 g/mol. The molecule has 1 heterocycles. The molecule has 2 aromatic carbocycles. The first-order valence-corrected chi connectivity index (χ1v) is 7.23. The van der Waals surface area contributed by atoms with Crippen LogP contribution in [-0.2, 0) is 0 Å². The van der Waals surface area contributed by atoms with Gasteiger partial charge in [0.2, 0.25) is 0 Å². The number of aryl methyl sites for hydroxylation is 1. The maximum absolute atomic E-state index is 13.9. The van der Waals surface area contributed by atoms with Crippen molar-refractivity contribution in [3.8, 4) is 11.4 Å². The number of nitrogens with zero attached hydrogens (tertiary/aromatic N) is 2. The standard InChI is InChI=1S/C15H8BrClF2N2/c1-7-5-6-8(16)11-13(7)20-15(21-14(11)17)12-9(18)3-2-4-10(12)19/h2-6H,1H3. The Hall–Kier alpha value is -1.59. The Balaban J connectivity index is 2.39. The summed E-state index contributed by atoms with van der Waals surface area (Å²) in [6.45, 7) is 1.85. The number of fused-ring (bicyclic) bond motifs is 1. The third-order valence-electron chi connectivity index (χ3n) is 3.14. The summed E-state index contributed by atoms with van der Waals surface area (Å²) >= 11 is 9.55. The summed E-state index contributed by atoms with van der Waals surface area (Å²) in [7, 11) is 0. The largest absolute Gasteiger partial charge is 0.227 e. The first-order chi connectivity index (χ1) is 9.99. The number of hydrogen-bond acceptors (Lipinski definition) is 2. The Labute approximate surface area is 132 Å². The van der Waals surface area contributed by atoms with Crippen molar-refractivity contribution in [1.29, 1.82) is 0 Å². The molecule has 0 spiro atoms. The molecule has 0 fully saturated rings. The van der Waals surface area contributed by atoms with E-state index < -0.39 is 11.6 Å². The van der Waals surface area contributed by atoms with Gasteiger partial charge in [-0.1, -0.05) is 23.7 Å². The smallest absolute Gasteiger partial charge is 0.167 e. The van der Waals surface area contributed by atoms with Crippen molar-refractivity contribution in [3.63, 3.8) is 0 Å². The molecule has 0 saturated carbocycles. The molecule has 0 N–H and O–H groups in total. The van der Waals surface area contributed by atoms with E-state index >= 15 is 0 Å². The van der Waals surface area contributed by atoms with Crippen LogP contribution in [0.1, 0.15) is 5.56 Å². The van der Waals surface area contributed by atoms with Crippen LogP contribution in [0, 0.1) is 18.6 Å². The third-order valence-corrected chi connectivity index (χ3v) is 4.08. The zero-order valence-corrected chi connectivity index (χ0v) is 13.1. The van der Waals surface area contributed by atoms with Crippen LogP contribution in [0.25, 0.3) is 22.3 Å². The molecule has 0 saturated heterocycles. The fraction of sp³-hybridized carbons (Fsp3) is 0.0667. The molecule has 0 aliphatic heterocycles. The van der Waals surface area contributed by atoms with Gasteiger partial charge in [0.05, 0.1) is 16.5 Å². The molecule has 1 aromatic heterocycles. The lowest BCUT2D eigenvalue weighted by molar-refractivity contribution is 0.587. The zero-order chi connectivity index (χ0) is 15.1. The summed E-state index contributed by atoms with van der Waals surface area (Å²) in [6.07, 6.45) is 0. The molecule has 0 radical (unpaired) electrons. The lowest BCUT2D eigenvalue weighted by Gasteiger charge is -2.09. The lowest BCUT2D eigenvalue weighted by Crippen LogP contribution is -1.98. The van der Waals surface area contributed by atoms with Crippen LogP contribution in [-0.4, -0.2) is 9.97 Å². The normalized spacial score (nSPS) is 11.1. The van der Waals surface area contributed by atoms with Crippen LogP contribution in [0.4, 0.5) is 8.78 Å². The van der Waals surface area contributed by atoms with Gasteiger partial charge in [0.15, 0.2) is 5.82 Å². The number of rotatable bonds is 1. The minimum atomic E-state index is -0.724. The first kappa shape index (κ1) is 14.4. The molecule has 21 heavy (non-hydrogen) atoms. The molecule has 0 bridgehead atoms. The van der Waals surface area contributed by atoms with Gasteiger partial charge in [-0.25, -0.2) is 18.7 Å². The molecule has 0 aliphatic carbocycles. The van der Waals surface area contributed by atoms with Crippen LogP contribution in [0.15, 0.2) is 34.8 Å².